The summed E-state index contributed by atoms with van der Waals surface area (Å²) in [7, 11) is 0. The van der Waals surface area contributed by atoms with Gasteiger partial charge in [0.25, 0.3) is 0 Å². The van der Waals surface area contributed by atoms with Crippen LogP contribution in [0.1, 0.15) is 13.8 Å². The molecule has 2 unspecified atom stereocenters. The van der Waals surface area contributed by atoms with E-state index in [1.165, 1.54) is 0 Å². The van der Waals surface area contributed by atoms with E-state index in [2.05, 4.69) is 0 Å². The molecule has 1 saturated carbocycles. The molecule has 0 spiro atoms. The molecule has 0 aromatic rings. The third-order valence-corrected chi connectivity index (χ3v) is 2.81. The number of halogens is 2. The summed E-state index contributed by atoms with van der Waals surface area (Å²) in [6.07, 6.45) is 0.275. The van der Waals surface area contributed by atoms with Crippen molar-refractivity contribution in [3.8, 4) is 0 Å². The van der Waals surface area contributed by atoms with Crippen molar-refractivity contribution in [3.63, 3.8) is 0 Å². The van der Waals surface area contributed by atoms with Gasteiger partial charge in [-0.2, -0.15) is 0 Å². The smallest absolute Gasteiger partial charge is 0.307 e. The van der Waals surface area contributed by atoms with Gasteiger partial charge < -0.3 is 5.11 Å². The number of hydrogen-bond donors (Lipinski definition) is 1. The van der Waals surface area contributed by atoms with Crippen LogP contribution in [0.25, 0.3) is 0 Å². The van der Waals surface area contributed by atoms with Crippen LogP contribution < -0.4 is 0 Å². The first-order chi connectivity index (χ1) is 5.42. The minimum Gasteiger partial charge on any atom is -0.481 e. The Balaban J connectivity index is 2.80. The lowest BCUT2D eigenvalue weighted by Gasteiger charge is -1.97. The molecule has 0 radical (unpaired) electrons. The van der Waals surface area contributed by atoms with Crippen molar-refractivity contribution < 1.29 is 14.3 Å². The molecule has 0 heterocycles. The van der Waals surface area contributed by atoms with Crippen molar-refractivity contribution in [2.45, 2.75) is 13.8 Å². The Bertz CT molecular complexity index is 247. The fraction of sp³-hybridized carbons (Fsp3) is 0.625. The first kappa shape index (κ1) is 9.52. The molecule has 2 atom stereocenters. The molecule has 12 heavy (non-hydrogen) atoms. The Kier molecular flexibility index (Phi) is 2.17. The molecule has 1 fully saturated rings. The van der Waals surface area contributed by atoms with E-state index < -0.39 is 17.3 Å². The summed E-state index contributed by atoms with van der Waals surface area (Å²) in [6, 6.07) is 0. The quantitative estimate of drug-likeness (QED) is 0.730. The van der Waals surface area contributed by atoms with Gasteiger partial charge >= 0.3 is 5.97 Å². The summed E-state index contributed by atoms with van der Waals surface area (Å²) in [4.78, 5) is 10.6. The SMILES string of the molecule is CC1(C)C(C(=O)O)C1/C(Cl)=C/F. The fourth-order valence-corrected chi connectivity index (χ4v) is 2.09. The van der Waals surface area contributed by atoms with Crippen LogP contribution in [-0.2, 0) is 4.79 Å². The van der Waals surface area contributed by atoms with Crippen LogP contribution in [0.3, 0.4) is 0 Å². The van der Waals surface area contributed by atoms with Crippen LogP contribution in [0.4, 0.5) is 4.39 Å². The first-order valence-corrected chi connectivity index (χ1v) is 3.99. The summed E-state index contributed by atoms with van der Waals surface area (Å²) in [5, 5.41) is 8.70. The van der Waals surface area contributed by atoms with Crippen molar-refractivity contribution in [1.82, 2.24) is 0 Å². The van der Waals surface area contributed by atoms with E-state index >= 15 is 0 Å². The number of hydrogen-bond acceptors (Lipinski definition) is 1. The van der Waals surface area contributed by atoms with Gasteiger partial charge in [0.2, 0.25) is 0 Å². The molecule has 68 valence electrons. The van der Waals surface area contributed by atoms with E-state index in [-0.39, 0.29) is 17.3 Å². The Morgan fingerprint density at radius 2 is 2.08 bits per heavy atom. The first-order valence-electron chi connectivity index (χ1n) is 3.61. The van der Waals surface area contributed by atoms with Crippen LogP contribution in [-0.4, -0.2) is 11.1 Å². The Labute approximate surface area is 75.0 Å². The van der Waals surface area contributed by atoms with E-state index in [1.807, 2.05) is 0 Å². The van der Waals surface area contributed by atoms with Crippen molar-refractivity contribution in [1.29, 1.82) is 0 Å². The molecule has 0 amide bonds. The van der Waals surface area contributed by atoms with Gasteiger partial charge in [0.15, 0.2) is 0 Å². The molecule has 0 aromatic carbocycles. The maximum atomic E-state index is 12.0. The van der Waals surface area contributed by atoms with Gasteiger partial charge in [-0.1, -0.05) is 25.4 Å². The van der Waals surface area contributed by atoms with E-state index in [4.69, 9.17) is 16.7 Å². The average molecular weight is 193 g/mol. The van der Waals surface area contributed by atoms with Crippen LogP contribution in [0, 0.1) is 17.3 Å². The van der Waals surface area contributed by atoms with Gasteiger partial charge in [0, 0.05) is 5.92 Å². The summed E-state index contributed by atoms with van der Waals surface area (Å²) in [5.74, 6) is -1.82. The lowest BCUT2D eigenvalue weighted by Crippen LogP contribution is -2.03. The largest absolute Gasteiger partial charge is 0.481 e. The van der Waals surface area contributed by atoms with Crippen LogP contribution in [0.5, 0.6) is 0 Å². The third-order valence-electron chi connectivity index (χ3n) is 2.49. The molecule has 0 bridgehead atoms. The predicted molar refractivity (Wildman–Crippen MR) is 43.4 cm³/mol. The van der Waals surface area contributed by atoms with Crippen molar-refractivity contribution in [3.05, 3.63) is 11.4 Å². The van der Waals surface area contributed by atoms with Gasteiger partial charge in [-0.05, 0) is 5.41 Å². The third kappa shape index (κ3) is 1.22. The van der Waals surface area contributed by atoms with Crippen molar-refractivity contribution >= 4 is 17.6 Å². The van der Waals surface area contributed by atoms with Gasteiger partial charge in [0.05, 0.1) is 11.0 Å². The Morgan fingerprint density at radius 3 is 2.33 bits per heavy atom. The lowest BCUT2D eigenvalue weighted by molar-refractivity contribution is -0.139. The number of allylic oxidation sites excluding steroid dienone is 1. The highest BCUT2D eigenvalue weighted by molar-refractivity contribution is 6.30. The van der Waals surface area contributed by atoms with E-state index in [0.29, 0.717) is 0 Å². The van der Waals surface area contributed by atoms with Crippen LogP contribution in [0.15, 0.2) is 11.4 Å². The van der Waals surface area contributed by atoms with E-state index in [9.17, 15) is 9.18 Å². The highest BCUT2D eigenvalue weighted by Gasteiger charge is 2.63. The summed E-state index contributed by atoms with van der Waals surface area (Å²) in [6.45, 7) is 3.53. The zero-order chi connectivity index (χ0) is 9.52. The Hall–Kier alpha value is -0.570. The summed E-state index contributed by atoms with van der Waals surface area (Å²) >= 11 is 5.51. The predicted octanol–water partition coefficient (Wildman–Crippen LogP) is 2.39. The molecule has 1 aliphatic rings. The molecule has 1 aliphatic carbocycles. The Morgan fingerprint density at radius 1 is 1.58 bits per heavy atom. The van der Waals surface area contributed by atoms with E-state index in [0.717, 1.165) is 0 Å². The molecule has 1 N–H and O–H groups in total. The lowest BCUT2D eigenvalue weighted by atomic mass is 10.1. The van der Waals surface area contributed by atoms with Gasteiger partial charge in [-0.15, -0.1) is 0 Å². The highest BCUT2D eigenvalue weighted by Crippen LogP contribution is 2.62. The van der Waals surface area contributed by atoms with Gasteiger partial charge in [0.1, 0.15) is 6.33 Å². The molecular weight excluding hydrogens is 183 g/mol. The van der Waals surface area contributed by atoms with E-state index in [1.54, 1.807) is 13.8 Å². The number of carbonyl (C=O) groups is 1. The topological polar surface area (TPSA) is 37.3 Å². The van der Waals surface area contributed by atoms with Gasteiger partial charge in [-0.25, -0.2) is 4.39 Å². The van der Waals surface area contributed by atoms with Gasteiger partial charge in [-0.3, -0.25) is 4.79 Å². The minimum atomic E-state index is -0.912. The van der Waals surface area contributed by atoms with Crippen LogP contribution >= 0.6 is 11.6 Å². The second kappa shape index (κ2) is 2.73. The standard InChI is InChI=1S/C8H10ClFO2/c1-8(2)5(4(9)3-10)6(8)7(11)12/h3,5-6H,1-2H3,(H,11,12)/b4-3-. The van der Waals surface area contributed by atoms with Crippen molar-refractivity contribution in [2.24, 2.45) is 17.3 Å². The average Bonchev–Trinajstić information content (AvgIpc) is 2.52. The second-order valence-electron chi connectivity index (χ2n) is 3.61. The molecule has 0 saturated heterocycles. The van der Waals surface area contributed by atoms with Crippen LogP contribution in [0.2, 0.25) is 0 Å². The molecule has 2 nitrogen and oxygen atoms in total. The molecule has 1 rings (SSSR count). The number of rotatable bonds is 2. The normalized spacial score (nSPS) is 33.2. The number of carboxylic acid groups (broad SMARTS) is 1. The maximum absolute atomic E-state index is 12.0. The molecule has 0 aromatic heterocycles. The molecule has 4 heteroatoms. The zero-order valence-corrected chi connectivity index (χ0v) is 7.60. The minimum absolute atomic E-state index is 0.00685. The number of carboxylic acids is 1. The molecule has 0 aliphatic heterocycles. The zero-order valence-electron chi connectivity index (χ0n) is 6.84. The fourth-order valence-electron chi connectivity index (χ4n) is 1.68. The number of aliphatic carboxylic acids is 1. The van der Waals surface area contributed by atoms with Crippen molar-refractivity contribution in [2.75, 3.05) is 0 Å². The summed E-state index contributed by atoms with van der Waals surface area (Å²) in [5.41, 5.74) is -0.411. The molecular formula is C8H10ClFO2. The summed E-state index contributed by atoms with van der Waals surface area (Å²) < 4.78 is 12.0. The second-order valence-corrected chi connectivity index (χ2v) is 4.05. The highest BCUT2D eigenvalue weighted by atomic mass is 35.5. The monoisotopic (exact) mass is 192 g/mol. The maximum Gasteiger partial charge on any atom is 0.307 e.